The quantitative estimate of drug-likeness (QED) is 0.0853. The van der Waals surface area contributed by atoms with Gasteiger partial charge in [0.05, 0.1) is 6.54 Å². The third kappa shape index (κ3) is 16.2. The molecule has 0 aliphatic heterocycles. The van der Waals surface area contributed by atoms with E-state index in [2.05, 4.69) is 26.5 Å². The van der Waals surface area contributed by atoms with Crippen LogP contribution in [0.4, 0.5) is 4.79 Å². The van der Waals surface area contributed by atoms with Gasteiger partial charge >= 0.3 is 6.09 Å². The van der Waals surface area contributed by atoms with Gasteiger partial charge in [-0.15, -0.1) is 6.58 Å². The molecule has 9 nitrogen and oxygen atoms in total. The number of ether oxygens (including phenoxy) is 2. The zero-order valence-corrected chi connectivity index (χ0v) is 14.3. The molecule has 1 N–H and O–H groups in total. The fraction of sp³-hybridized carbons (Fsp3) is 0.688. The summed E-state index contributed by atoms with van der Waals surface area (Å²) in [5, 5.41) is 10.9. The highest BCUT2D eigenvalue weighted by Crippen LogP contribution is 2.14. The minimum Gasteiger partial charge on any atom is -0.447 e. The summed E-state index contributed by atoms with van der Waals surface area (Å²) in [6, 6.07) is 0. The predicted octanol–water partition coefficient (Wildman–Crippen LogP) is 1.86. The third-order valence-corrected chi connectivity index (χ3v) is 3.06. The van der Waals surface area contributed by atoms with Crippen molar-refractivity contribution >= 4 is 12.2 Å². The van der Waals surface area contributed by atoms with E-state index in [4.69, 9.17) is 14.9 Å². The van der Waals surface area contributed by atoms with Crippen molar-refractivity contribution < 1.29 is 28.8 Å². The number of carbonyl (C=O) groups is 1. The lowest BCUT2D eigenvalue weighted by Crippen LogP contribution is -2.27. The molecule has 0 radical (unpaired) electrons. The highest BCUT2D eigenvalue weighted by molar-refractivity contribution is 5.66. The smallest absolute Gasteiger partial charge is 0.407 e. The molecule has 0 heterocycles. The first-order valence-electron chi connectivity index (χ1n) is 8.05. The zero-order chi connectivity index (χ0) is 18.6. The van der Waals surface area contributed by atoms with Crippen molar-refractivity contribution in [2.75, 3.05) is 39.5 Å². The molecule has 1 atom stereocenters. The molecule has 0 spiro atoms. The Kier molecular flexibility index (Phi) is 16.2. The maximum absolute atomic E-state index is 11.4. The van der Waals surface area contributed by atoms with E-state index in [1.807, 2.05) is 0 Å². The van der Waals surface area contributed by atoms with Crippen LogP contribution >= 0.6 is 0 Å². The van der Waals surface area contributed by atoms with E-state index < -0.39 is 6.09 Å². The first kappa shape index (κ1) is 22.6. The second-order valence-electron chi connectivity index (χ2n) is 4.98. The van der Waals surface area contributed by atoms with Gasteiger partial charge in [-0.1, -0.05) is 6.08 Å². The van der Waals surface area contributed by atoms with E-state index in [-0.39, 0.29) is 25.7 Å². The lowest BCUT2D eigenvalue weighted by molar-refractivity contribution is -0.289. The molecule has 0 saturated carbocycles. The van der Waals surface area contributed by atoms with Crippen LogP contribution in [0, 0.1) is 17.4 Å². The Bertz CT molecular complexity index is 446. The maximum atomic E-state index is 11.4. The second kappa shape index (κ2) is 17.9. The fourth-order valence-electron chi connectivity index (χ4n) is 1.94. The topological polar surface area (TPSA) is 119 Å². The number of nitrogens with zero attached hydrogens (tertiary/aromatic N) is 2. The molecule has 0 saturated heterocycles. The summed E-state index contributed by atoms with van der Waals surface area (Å²) in [4.78, 5) is 34.7. The van der Waals surface area contributed by atoms with Crippen LogP contribution in [0.5, 0.6) is 0 Å². The minimum atomic E-state index is -0.530. The van der Waals surface area contributed by atoms with Crippen molar-refractivity contribution in [1.82, 2.24) is 5.32 Å². The Labute approximate surface area is 147 Å². The Hall–Kier alpha value is -2.40. The van der Waals surface area contributed by atoms with Gasteiger partial charge in [0, 0.05) is 6.54 Å². The summed E-state index contributed by atoms with van der Waals surface area (Å²) in [5.74, 6) is 0.178. The number of carbonyl (C=O) groups excluding carboxylic acids is 2. The van der Waals surface area contributed by atoms with E-state index in [1.165, 1.54) is 12.2 Å². The van der Waals surface area contributed by atoms with Gasteiger partial charge in [-0.05, 0) is 31.6 Å². The van der Waals surface area contributed by atoms with E-state index in [0.29, 0.717) is 32.5 Å². The lowest BCUT2D eigenvalue weighted by Gasteiger charge is -2.13. The van der Waals surface area contributed by atoms with Crippen LogP contribution < -0.4 is 5.32 Å². The standard InChI is InChI=1S/C16H25N3O6/c1-2-8-24-25-11-10-23-16(21)19-7-3-5-15(12-18-14-20)6-4-9-22-13-17/h2,15H,1,3-12H2,(H,19,21). The minimum absolute atomic E-state index is 0.0819. The molecule has 25 heavy (non-hydrogen) atoms. The summed E-state index contributed by atoms with van der Waals surface area (Å²) < 4.78 is 9.50. The van der Waals surface area contributed by atoms with Crippen molar-refractivity contribution in [3.05, 3.63) is 12.7 Å². The first-order valence-corrected chi connectivity index (χ1v) is 8.05. The average molecular weight is 355 g/mol. The van der Waals surface area contributed by atoms with Crippen molar-refractivity contribution in [3.8, 4) is 6.26 Å². The summed E-state index contributed by atoms with van der Waals surface area (Å²) in [6.45, 7) is 5.12. The van der Waals surface area contributed by atoms with Crippen LogP contribution in [0.3, 0.4) is 0 Å². The van der Waals surface area contributed by atoms with Crippen molar-refractivity contribution in [2.45, 2.75) is 25.7 Å². The fourth-order valence-corrected chi connectivity index (χ4v) is 1.94. The van der Waals surface area contributed by atoms with Gasteiger partial charge in [0.15, 0.2) is 0 Å². The SMILES string of the molecule is C=CCOOCCOC(=O)NCCCC(CCCOC#N)CN=C=O. The molecule has 0 aliphatic rings. The number of nitrogens with one attached hydrogen (secondary N) is 1. The molecule has 1 amide bonds. The Morgan fingerprint density at radius 2 is 2.04 bits per heavy atom. The van der Waals surface area contributed by atoms with Crippen LogP contribution in [0.1, 0.15) is 25.7 Å². The molecular formula is C16H25N3O6. The Balaban J connectivity index is 3.73. The highest BCUT2D eigenvalue weighted by atomic mass is 17.2. The second-order valence-corrected chi connectivity index (χ2v) is 4.98. The van der Waals surface area contributed by atoms with Gasteiger partial charge in [-0.2, -0.15) is 5.26 Å². The molecule has 0 aromatic rings. The van der Waals surface area contributed by atoms with Gasteiger partial charge in [0.25, 0.3) is 6.26 Å². The maximum Gasteiger partial charge on any atom is 0.407 e. The number of alkyl carbamates (subject to hydrolysis) is 1. The van der Waals surface area contributed by atoms with Crippen molar-refractivity contribution in [2.24, 2.45) is 10.9 Å². The molecule has 0 rings (SSSR count). The number of hydrogen-bond donors (Lipinski definition) is 1. The van der Waals surface area contributed by atoms with Crippen LogP contribution in [0.25, 0.3) is 0 Å². The van der Waals surface area contributed by atoms with Crippen LogP contribution in [-0.4, -0.2) is 51.7 Å². The normalized spacial score (nSPS) is 10.8. The van der Waals surface area contributed by atoms with E-state index in [1.54, 1.807) is 6.26 Å². The van der Waals surface area contributed by atoms with Crippen LogP contribution in [-0.2, 0) is 24.0 Å². The monoisotopic (exact) mass is 355 g/mol. The number of rotatable bonds is 16. The van der Waals surface area contributed by atoms with Gasteiger partial charge < -0.3 is 14.8 Å². The van der Waals surface area contributed by atoms with E-state index >= 15 is 0 Å². The molecular weight excluding hydrogens is 330 g/mol. The summed E-state index contributed by atoms with van der Waals surface area (Å²) in [7, 11) is 0. The molecule has 0 aromatic carbocycles. The number of amides is 1. The number of nitriles is 1. The zero-order valence-electron chi connectivity index (χ0n) is 14.3. The Morgan fingerprint density at radius 1 is 1.24 bits per heavy atom. The lowest BCUT2D eigenvalue weighted by atomic mass is 9.98. The van der Waals surface area contributed by atoms with Gasteiger partial charge in [0.1, 0.15) is 26.4 Å². The van der Waals surface area contributed by atoms with E-state index in [9.17, 15) is 9.59 Å². The average Bonchev–Trinajstić information content (AvgIpc) is 2.62. The molecule has 0 fully saturated rings. The summed E-state index contributed by atoms with van der Waals surface area (Å²) in [6.07, 6.45) is 7.12. The van der Waals surface area contributed by atoms with Crippen LogP contribution in [0.15, 0.2) is 17.6 Å². The molecule has 0 aromatic heterocycles. The highest BCUT2D eigenvalue weighted by Gasteiger charge is 2.09. The molecule has 1 unspecified atom stereocenters. The van der Waals surface area contributed by atoms with Crippen molar-refractivity contribution in [1.29, 1.82) is 5.26 Å². The molecule has 9 heteroatoms. The predicted molar refractivity (Wildman–Crippen MR) is 88.0 cm³/mol. The largest absolute Gasteiger partial charge is 0.447 e. The first-order chi connectivity index (χ1) is 12.2. The van der Waals surface area contributed by atoms with Crippen LogP contribution in [0.2, 0.25) is 0 Å². The van der Waals surface area contributed by atoms with Gasteiger partial charge in [-0.3, -0.25) is 0 Å². The van der Waals surface area contributed by atoms with Crippen molar-refractivity contribution in [3.63, 3.8) is 0 Å². The Morgan fingerprint density at radius 3 is 2.76 bits per heavy atom. The molecule has 140 valence electrons. The molecule has 0 aliphatic carbocycles. The number of isocyanates is 1. The van der Waals surface area contributed by atoms with Gasteiger partial charge in [0.2, 0.25) is 6.08 Å². The summed E-state index contributed by atoms with van der Waals surface area (Å²) >= 11 is 0. The summed E-state index contributed by atoms with van der Waals surface area (Å²) in [5.41, 5.74) is 0. The number of hydrogen-bond acceptors (Lipinski definition) is 8. The third-order valence-electron chi connectivity index (χ3n) is 3.06. The van der Waals surface area contributed by atoms with E-state index in [0.717, 1.165) is 12.8 Å². The molecule has 0 bridgehead atoms. The van der Waals surface area contributed by atoms with Gasteiger partial charge in [-0.25, -0.2) is 24.4 Å². The number of aliphatic imine (C=N–C) groups is 1.